The first kappa shape index (κ1) is 20.3. The molecule has 24 heavy (non-hydrogen) atoms. The van der Waals surface area contributed by atoms with E-state index in [2.05, 4.69) is 4.74 Å². The fourth-order valence-electron chi connectivity index (χ4n) is 2.55. The van der Waals surface area contributed by atoms with Crippen molar-refractivity contribution in [2.45, 2.75) is 84.1 Å². The van der Waals surface area contributed by atoms with Crippen LogP contribution in [0.15, 0.2) is 0 Å². The van der Waals surface area contributed by atoms with Crippen LogP contribution in [0.4, 0.5) is 4.79 Å². The van der Waals surface area contributed by atoms with Crippen LogP contribution in [0.2, 0.25) is 0 Å². The predicted octanol–water partition coefficient (Wildman–Crippen LogP) is 2.66. The lowest BCUT2D eigenvalue weighted by molar-refractivity contribution is -0.161. The van der Waals surface area contributed by atoms with E-state index in [0.29, 0.717) is 12.8 Å². The fourth-order valence-corrected chi connectivity index (χ4v) is 2.55. The summed E-state index contributed by atoms with van der Waals surface area (Å²) in [5, 5.41) is 0. The fraction of sp³-hybridized carbons (Fsp3) is 0.824. The van der Waals surface area contributed by atoms with Gasteiger partial charge in [0.2, 0.25) is 0 Å². The summed E-state index contributed by atoms with van der Waals surface area (Å²) in [7, 11) is 1.29. The Morgan fingerprint density at radius 1 is 0.958 bits per heavy atom. The molecule has 0 N–H and O–H groups in total. The number of rotatable bonds is 3. The molecule has 138 valence electrons. The van der Waals surface area contributed by atoms with Crippen molar-refractivity contribution in [2.24, 2.45) is 0 Å². The highest BCUT2D eigenvalue weighted by Gasteiger charge is 2.45. The van der Waals surface area contributed by atoms with Crippen molar-refractivity contribution in [3.8, 4) is 0 Å². The number of hydrogen-bond donors (Lipinski definition) is 0. The molecule has 1 rings (SSSR count). The van der Waals surface area contributed by atoms with Crippen molar-refractivity contribution in [1.82, 2.24) is 4.90 Å². The second-order valence-electron chi connectivity index (χ2n) is 7.95. The Morgan fingerprint density at radius 2 is 1.50 bits per heavy atom. The third-order valence-electron chi connectivity index (χ3n) is 3.42. The largest absolute Gasteiger partial charge is 0.469 e. The SMILES string of the molecule is COC(=O)C[C@@H]1CC[C@@H](C(=O)OC(C)(C)C)N1C(=O)OC(C)(C)C. The van der Waals surface area contributed by atoms with Gasteiger partial charge in [-0.1, -0.05) is 0 Å². The molecule has 1 amide bonds. The highest BCUT2D eigenvalue weighted by molar-refractivity contribution is 5.83. The molecule has 7 nitrogen and oxygen atoms in total. The maximum Gasteiger partial charge on any atom is 0.411 e. The number of likely N-dealkylation sites (tertiary alicyclic amines) is 1. The van der Waals surface area contributed by atoms with E-state index in [4.69, 9.17) is 9.47 Å². The first-order valence-electron chi connectivity index (χ1n) is 8.15. The highest BCUT2D eigenvalue weighted by atomic mass is 16.6. The smallest absolute Gasteiger partial charge is 0.411 e. The molecule has 1 heterocycles. The third-order valence-corrected chi connectivity index (χ3v) is 3.42. The minimum Gasteiger partial charge on any atom is -0.469 e. The first-order valence-corrected chi connectivity index (χ1v) is 8.15. The van der Waals surface area contributed by atoms with Gasteiger partial charge in [0.05, 0.1) is 13.5 Å². The zero-order chi connectivity index (χ0) is 18.7. The summed E-state index contributed by atoms with van der Waals surface area (Å²) in [6.45, 7) is 10.5. The number of carbonyl (C=O) groups is 3. The Bertz CT molecular complexity index is 488. The van der Waals surface area contributed by atoms with Crippen LogP contribution in [0, 0.1) is 0 Å². The van der Waals surface area contributed by atoms with Crippen molar-refractivity contribution in [3.63, 3.8) is 0 Å². The Hall–Kier alpha value is -1.79. The molecule has 1 saturated heterocycles. The van der Waals surface area contributed by atoms with Crippen molar-refractivity contribution in [2.75, 3.05) is 7.11 Å². The second kappa shape index (κ2) is 7.40. The van der Waals surface area contributed by atoms with Crippen LogP contribution in [0.1, 0.15) is 60.8 Å². The quantitative estimate of drug-likeness (QED) is 0.579. The van der Waals surface area contributed by atoms with Gasteiger partial charge >= 0.3 is 18.0 Å². The zero-order valence-corrected chi connectivity index (χ0v) is 15.7. The molecule has 0 saturated carbocycles. The van der Waals surface area contributed by atoms with Gasteiger partial charge in [0, 0.05) is 6.04 Å². The van der Waals surface area contributed by atoms with Gasteiger partial charge in [-0.25, -0.2) is 9.59 Å². The molecule has 0 aliphatic carbocycles. The van der Waals surface area contributed by atoms with Crippen LogP contribution in [0.25, 0.3) is 0 Å². The summed E-state index contributed by atoms with van der Waals surface area (Å²) in [5.41, 5.74) is -1.36. The van der Waals surface area contributed by atoms with Crippen LogP contribution in [-0.4, -0.2) is 53.3 Å². The molecule has 0 aromatic heterocycles. The minimum atomic E-state index is -0.756. The molecule has 0 aromatic rings. The molecule has 0 aromatic carbocycles. The number of nitrogens with zero attached hydrogens (tertiary/aromatic N) is 1. The second-order valence-corrected chi connectivity index (χ2v) is 7.95. The van der Waals surface area contributed by atoms with Gasteiger partial charge in [0.1, 0.15) is 17.2 Å². The summed E-state index contributed by atoms with van der Waals surface area (Å²) in [4.78, 5) is 38.0. The van der Waals surface area contributed by atoms with E-state index >= 15 is 0 Å². The predicted molar refractivity (Wildman–Crippen MR) is 87.4 cm³/mol. The van der Waals surface area contributed by atoms with Crippen molar-refractivity contribution in [3.05, 3.63) is 0 Å². The van der Waals surface area contributed by atoms with Crippen LogP contribution in [0.5, 0.6) is 0 Å². The first-order chi connectivity index (χ1) is 10.8. The molecular formula is C17H29NO6. The van der Waals surface area contributed by atoms with E-state index in [9.17, 15) is 14.4 Å². The topological polar surface area (TPSA) is 82.1 Å². The maximum absolute atomic E-state index is 12.6. The van der Waals surface area contributed by atoms with Gasteiger partial charge in [0.25, 0.3) is 0 Å². The normalized spacial score (nSPS) is 21.4. The lowest BCUT2D eigenvalue weighted by Crippen LogP contribution is -2.49. The number of methoxy groups -OCH3 is 1. The number of ether oxygens (including phenoxy) is 3. The molecule has 1 aliphatic heterocycles. The van der Waals surface area contributed by atoms with Gasteiger partial charge in [-0.2, -0.15) is 0 Å². The summed E-state index contributed by atoms with van der Waals surface area (Å²) in [5.74, 6) is -0.917. The van der Waals surface area contributed by atoms with Crippen LogP contribution in [-0.2, 0) is 23.8 Å². The van der Waals surface area contributed by atoms with E-state index in [1.165, 1.54) is 12.0 Å². The van der Waals surface area contributed by atoms with E-state index < -0.39 is 41.3 Å². The van der Waals surface area contributed by atoms with Crippen LogP contribution in [0.3, 0.4) is 0 Å². The summed E-state index contributed by atoms with van der Waals surface area (Å²) in [6.07, 6.45) is 0.341. The molecular weight excluding hydrogens is 314 g/mol. The lowest BCUT2D eigenvalue weighted by Gasteiger charge is -2.32. The zero-order valence-electron chi connectivity index (χ0n) is 15.7. The average Bonchev–Trinajstić information content (AvgIpc) is 2.78. The molecule has 1 fully saturated rings. The number of carbonyl (C=O) groups excluding carboxylic acids is 3. The monoisotopic (exact) mass is 343 g/mol. The molecule has 0 spiro atoms. The van der Waals surface area contributed by atoms with E-state index in [-0.39, 0.29) is 6.42 Å². The van der Waals surface area contributed by atoms with Crippen LogP contribution < -0.4 is 0 Å². The summed E-state index contributed by atoms with van der Waals surface area (Å²) >= 11 is 0. The van der Waals surface area contributed by atoms with Gasteiger partial charge in [-0.15, -0.1) is 0 Å². The summed E-state index contributed by atoms with van der Waals surface area (Å²) in [6, 6.07) is -1.20. The van der Waals surface area contributed by atoms with Gasteiger partial charge in [0.15, 0.2) is 0 Å². The Kier molecular flexibility index (Phi) is 6.25. The molecule has 0 radical (unpaired) electrons. The van der Waals surface area contributed by atoms with Crippen molar-refractivity contribution >= 4 is 18.0 Å². The third kappa shape index (κ3) is 6.02. The Balaban J connectivity index is 2.99. The van der Waals surface area contributed by atoms with E-state index in [1.807, 2.05) is 0 Å². The van der Waals surface area contributed by atoms with Crippen LogP contribution >= 0.6 is 0 Å². The molecule has 1 aliphatic rings. The molecule has 7 heteroatoms. The number of hydrogen-bond acceptors (Lipinski definition) is 6. The molecule has 0 unspecified atom stereocenters. The van der Waals surface area contributed by atoms with Gasteiger partial charge in [-0.3, -0.25) is 9.69 Å². The standard InChI is InChI=1S/C17H29NO6/c1-16(2,3)23-14(20)12-9-8-11(10-13(19)22-7)18(12)15(21)24-17(4,5)6/h11-12H,8-10H2,1-7H3/t11-,12-/m0/s1. The van der Waals surface area contributed by atoms with E-state index in [0.717, 1.165) is 0 Å². The molecule has 2 atom stereocenters. The van der Waals surface area contributed by atoms with E-state index in [1.54, 1.807) is 41.5 Å². The van der Waals surface area contributed by atoms with Crippen molar-refractivity contribution in [1.29, 1.82) is 0 Å². The lowest BCUT2D eigenvalue weighted by atomic mass is 10.1. The molecule has 0 bridgehead atoms. The summed E-state index contributed by atoms with van der Waals surface area (Å²) < 4.78 is 15.5. The highest BCUT2D eigenvalue weighted by Crippen LogP contribution is 2.30. The van der Waals surface area contributed by atoms with Crippen molar-refractivity contribution < 1.29 is 28.6 Å². The van der Waals surface area contributed by atoms with Gasteiger partial charge < -0.3 is 14.2 Å². The number of esters is 2. The van der Waals surface area contributed by atoms with Gasteiger partial charge in [-0.05, 0) is 54.4 Å². The Labute approximate surface area is 143 Å². The Morgan fingerprint density at radius 3 is 1.96 bits per heavy atom. The maximum atomic E-state index is 12.6. The minimum absolute atomic E-state index is 0.0229. The number of amides is 1. The average molecular weight is 343 g/mol.